The molecule has 19 heavy (non-hydrogen) atoms. The van der Waals surface area contributed by atoms with Gasteiger partial charge in [-0.3, -0.25) is 10.1 Å². The molecule has 0 amide bonds. The number of rotatable bonds is 5. The van der Waals surface area contributed by atoms with Crippen molar-refractivity contribution < 1.29 is 14.4 Å². The smallest absolute Gasteiger partial charge is 0.333 e. The van der Waals surface area contributed by atoms with Crippen LogP contribution >= 0.6 is 0 Å². The SMILES string of the molecule is COc1cccc(NCC2COCCN2)c1[N+](=O)[O-]. The Hall–Kier alpha value is -1.86. The third kappa shape index (κ3) is 3.33. The van der Waals surface area contributed by atoms with Crippen molar-refractivity contribution in [2.45, 2.75) is 6.04 Å². The molecule has 1 aromatic rings. The zero-order valence-corrected chi connectivity index (χ0v) is 10.7. The minimum atomic E-state index is -0.439. The molecular formula is C12H17N3O4. The van der Waals surface area contributed by atoms with Crippen LogP contribution in [0.4, 0.5) is 11.4 Å². The number of anilines is 1. The first-order valence-corrected chi connectivity index (χ1v) is 6.08. The molecule has 2 rings (SSSR count). The van der Waals surface area contributed by atoms with Crippen molar-refractivity contribution in [3.05, 3.63) is 28.3 Å². The van der Waals surface area contributed by atoms with Gasteiger partial charge in [-0.1, -0.05) is 6.07 Å². The summed E-state index contributed by atoms with van der Waals surface area (Å²) in [4.78, 5) is 10.7. The van der Waals surface area contributed by atoms with Gasteiger partial charge in [0.2, 0.25) is 0 Å². The third-order valence-corrected chi connectivity index (χ3v) is 2.94. The van der Waals surface area contributed by atoms with Crippen LogP contribution in [0.15, 0.2) is 18.2 Å². The Morgan fingerprint density at radius 1 is 1.63 bits per heavy atom. The average Bonchev–Trinajstić information content (AvgIpc) is 2.45. The lowest BCUT2D eigenvalue weighted by atomic mass is 10.2. The Bertz CT molecular complexity index is 447. The van der Waals surface area contributed by atoms with E-state index >= 15 is 0 Å². The summed E-state index contributed by atoms with van der Waals surface area (Å²) in [5.74, 6) is 0.253. The van der Waals surface area contributed by atoms with Crippen molar-refractivity contribution in [3.8, 4) is 5.75 Å². The normalized spacial score (nSPS) is 18.9. The summed E-state index contributed by atoms with van der Waals surface area (Å²) in [5, 5.41) is 17.5. The van der Waals surface area contributed by atoms with Crippen LogP contribution in [0, 0.1) is 10.1 Å². The highest BCUT2D eigenvalue weighted by Gasteiger charge is 2.21. The van der Waals surface area contributed by atoms with Gasteiger partial charge >= 0.3 is 5.69 Å². The molecule has 1 unspecified atom stereocenters. The van der Waals surface area contributed by atoms with Crippen molar-refractivity contribution in [2.24, 2.45) is 0 Å². The van der Waals surface area contributed by atoms with E-state index in [1.165, 1.54) is 7.11 Å². The lowest BCUT2D eigenvalue weighted by Gasteiger charge is -2.24. The van der Waals surface area contributed by atoms with Crippen molar-refractivity contribution in [3.63, 3.8) is 0 Å². The van der Waals surface area contributed by atoms with E-state index in [1.54, 1.807) is 18.2 Å². The molecule has 1 heterocycles. The molecule has 1 saturated heterocycles. The molecule has 0 radical (unpaired) electrons. The molecule has 1 aliphatic rings. The molecule has 104 valence electrons. The molecule has 1 fully saturated rings. The summed E-state index contributed by atoms with van der Waals surface area (Å²) in [5.41, 5.74) is 0.415. The van der Waals surface area contributed by atoms with Crippen LogP contribution in [0.25, 0.3) is 0 Å². The van der Waals surface area contributed by atoms with Crippen LogP contribution in [0.2, 0.25) is 0 Å². The van der Waals surface area contributed by atoms with Gasteiger partial charge in [-0.15, -0.1) is 0 Å². The predicted molar refractivity (Wildman–Crippen MR) is 70.7 cm³/mol. The van der Waals surface area contributed by atoms with Crippen LogP contribution in [0.3, 0.4) is 0 Å². The monoisotopic (exact) mass is 267 g/mol. The molecule has 1 aliphatic heterocycles. The van der Waals surface area contributed by atoms with Crippen LogP contribution in [0.1, 0.15) is 0 Å². The summed E-state index contributed by atoms with van der Waals surface area (Å²) in [7, 11) is 1.42. The first kappa shape index (κ1) is 13.6. The molecule has 0 bridgehead atoms. The lowest BCUT2D eigenvalue weighted by Crippen LogP contribution is -2.45. The van der Waals surface area contributed by atoms with Crippen molar-refractivity contribution in [2.75, 3.05) is 38.7 Å². The zero-order chi connectivity index (χ0) is 13.7. The number of hydrogen-bond acceptors (Lipinski definition) is 6. The number of ether oxygens (including phenoxy) is 2. The number of benzene rings is 1. The predicted octanol–water partition coefficient (Wildman–Crippen LogP) is 1.00. The minimum Gasteiger partial charge on any atom is -0.490 e. The molecule has 7 nitrogen and oxygen atoms in total. The molecule has 1 aromatic carbocycles. The van der Waals surface area contributed by atoms with Gasteiger partial charge in [0.1, 0.15) is 5.69 Å². The fourth-order valence-electron chi connectivity index (χ4n) is 2.00. The average molecular weight is 267 g/mol. The summed E-state index contributed by atoms with van der Waals surface area (Å²) in [6.07, 6.45) is 0. The fraction of sp³-hybridized carbons (Fsp3) is 0.500. The lowest BCUT2D eigenvalue weighted by molar-refractivity contribution is -0.384. The molecule has 2 N–H and O–H groups in total. The van der Waals surface area contributed by atoms with Crippen LogP contribution in [0.5, 0.6) is 5.75 Å². The van der Waals surface area contributed by atoms with Gasteiger partial charge in [0.25, 0.3) is 0 Å². The standard InChI is InChI=1S/C12H17N3O4/c1-18-11-4-2-3-10(12(11)15(16)17)14-7-9-8-19-6-5-13-9/h2-4,9,13-14H,5-8H2,1H3. The largest absolute Gasteiger partial charge is 0.490 e. The Balaban J connectivity index is 2.08. The van der Waals surface area contributed by atoms with E-state index in [0.717, 1.165) is 6.54 Å². The van der Waals surface area contributed by atoms with E-state index < -0.39 is 4.92 Å². The Labute approximate surface area is 111 Å². The maximum absolute atomic E-state index is 11.1. The van der Waals surface area contributed by atoms with Gasteiger partial charge in [-0.2, -0.15) is 0 Å². The number of nitro groups is 1. The highest BCUT2D eigenvalue weighted by Crippen LogP contribution is 2.34. The number of nitrogens with one attached hydrogen (secondary N) is 2. The number of hydrogen-bond donors (Lipinski definition) is 2. The van der Waals surface area contributed by atoms with Crippen LogP contribution in [-0.2, 0) is 4.74 Å². The third-order valence-electron chi connectivity index (χ3n) is 2.94. The van der Waals surface area contributed by atoms with Gasteiger partial charge < -0.3 is 20.1 Å². The van der Waals surface area contributed by atoms with Gasteiger partial charge in [-0.05, 0) is 12.1 Å². The molecule has 0 aromatic heterocycles. The van der Waals surface area contributed by atoms with Crippen molar-refractivity contribution >= 4 is 11.4 Å². The summed E-state index contributed by atoms with van der Waals surface area (Å²) in [6, 6.07) is 5.12. The molecular weight excluding hydrogens is 250 g/mol. The second-order valence-electron chi connectivity index (χ2n) is 4.22. The summed E-state index contributed by atoms with van der Waals surface area (Å²) >= 11 is 0. The molecule has 0 spiro atoms. The molecule has 7 heteroatoms. The maximum atomic E-state index is 11.1. The maximum Gasteiger partial charge on any atom is 0.333 e. The van der Waals surface area contributed by atoms with Crippen molar-refractivity contribution in [1.29, 1.82) is 0 Å². The van der Waals surface area contributed by atoms with E-state index in [0.29, 0.717) is 25.4 Å². The number of nitro benzene ring substituents is 1. The highest BCUT2D eigenvalue weighted by molar-refractivity contribution is 5.68. The fourth-order valence-corrected chi connectivity index (χ4v) is 2.00. The van der Waals surface area contributed by atoms with Crippen molar-refractivity contribution in [1.82, 2.24) is 5.32 Å². The van der Waals surface area contributed by atoms with Crippen LogP contribution < -0.4 is 15.4 Å². The summed E-state index contributed by atoms with van der Waals surface area (Å²) < 4.78 is 10.3. The van der Waals surface area contributed by atoms with E-state index in [-0.39, 0.29) is 17.5 Å². The van der Waals surface area contributed by atoms with E-state index in [9.17, 15) is 10.1 Å². The molecule has 1 atom stereocenters. The number of nitrogens with zero attached hydrogens (tertiary/aromatic N) is 1. The Kier molecular flexibility index (Phi) is 4.53. The highest BCUT2D eigenvalue weighted by atomic mass is 16.6. The second kappa shape index (κ2) is 6.35. The Morgan fingerprint density at radius 2 is 2.47 bits per heavy atom. The van der Waals surface area contributed by atoms with E-state index in [4.69, 9.17) is 9.47 Å². The van der Waals surface area contributed by atoms with Crippen LogP contribution in [-0.4, -0.2) is 44.4 Å². The molecule has 0 saturated carbocycles. The Morgan fingerprint density at radius 3 is 3.11 bits per heavy atom. The van der Waals surface area contributed by atoms with Gasteiger partial charge in [0, 0.05) is 19.1 Å². The minimum absolute atomic E-state index is 0.0401. The first-order valence-electron chi connectivity index (χ1n) is 6.08. The summed E-state index contributed by atoms with van der Waals surface area (Å²) in [6.45, 7) is 2.67. The van der Waals surface area contributed by atoms with Gasteiger partial charge in [0.05, 0.1) is 25.2 Å². The zero-order valence-electron chi connectivity index (χ0n) is 10.7. The van der Waals surface area contributed by atoms with E-state index in [1.807, 2.05) is 0 Å². The quantitative estimate of drug-likeness (QED) is 0.611. The topological polar surface area (TPSA) is 85.7 Å². The number of morpholine rings is 1. The van der Waals surface area contributed by atoms with Gasteiger partial charge in [-0.25, -0.2) is 0 Å². The number of methoxy groups -OCH3 is 1. The number of para-hydroxylation sites is 1. The molecule has 0 aliphatic carbocycles. The first-order chi connectivity index (χ1) is 9.22. The van der Waals surface area contributed by atoms with E-state index in [2.05, 4.69) is 10.6 Å². The van der Waals surface area contributed by atoms with Gasteiger partial charge in [0.15, 0.2) is 5.75 Å². The second-order valence-corrected chi connectivity index (χ2v) is 4.22.